The second-order valence-corrected chi connectivity index (χ2v) is 6.93. The normalized spacial score (nSPS) is 23.3. The third kappa shape index (κ3) is 3.78. The Balaban J connectivity index is 2.05. The Labute approximate surface area is 143 Å². The Morgan fingerprint density at radius 3 is 2.33 bits per heavy atom. The molecule has 1 saturated heterocycles. The zero-order valence-corrected chi connectivity index (χ0v) is 14.8. The van der Waals surface area contributed by atoms with Gasteiger partial charge in [0.05, 0.1) is 17.4 Å². The van der Waals surface area contributed by atoms with Gasteiger partial charge in [0, 0.05) is 26.9 Å². The number of oxime groups is 1. The highest BCUT2D eigenvalue weighted by Crippen LogP contribution is 2.43. The highest BCUT2D eigenvalue weighted by atomic mass is 16.6. The quantitative estimate of drug-likeness (QED) is 0.415. The molecule has 2 rings (SSSR count). The number of likely N-dealkylation sites (tertiary alicyclic amines) is 1. The minimum absolute atomic E-state index is 0.307. The van der Waals surface area contributed by atoms with Gasteiger partial charge in [-0.25, -0.2) is 0 Å². The summed E-state index contributed by atoms with van der Waals surface area (Å²) in [5.41, 5.74) is -0.848. The molecule has 1 saturated carbocycles. The summed E-state index contributed by atoms with van der Waals surface area (Å²) in [7, 11) is 1.67. The zero-order chi connectivity index (χ0) is 17.6. The van der Waals surface area contributed by atoms with Gasteiger partial charge in [-0.15, -0.1) is 0 Å². The van der Waals surface area contributed by atoms with E-state index in [4.69, 9.17) is 9.57 Å². The van der Waals surface area contributed by atoms with Crippen molar-refractivity contribution in [1.82, 2.24) is 4.90 Å². The summed E-state index contributed by atoms with van der Waals surface area (Å²) in [6, 6.07) is 0. The number of aliphatic carboxylic acids is 1. The van der Waals surface area contributed by atoms with Crippen LogP contribution in [-0.4, -0.2) is 68.5 Å². The van der Waals surface area contributed by atoms with Crippen LogP contribution in [0, 0.1) is 10.8 Å². The first-order chi connectivity index (χ1) is 11.5. The Kier molecular flexibility index (Phi) is 6.34. The Hall–Kier alpha value is -1.47. The molecule has 2 fully saturated rings. The second-order valence-electron chi connectivity index (χ2n) is 6.93. The van der Waals surface area contributed by atoms with E-state index < -0.39 is 11.4 Å². The number of carboxylic acids is 1. The fourth-order valence-corrected chi connectivity index (χ4v) is 3.80. The van der Waals surface area contributed by atoms with Crippen LogP contribution in [0.25, 0.3) is 0 Å². The van der Waals surface area contributed by atoms with E-state index in [2.05, 4.69) is 21.8 Å². The molecule has 0 spiro atoms. The fraction of sp³-hybridized carbons (Fsp3) is 0.824. The minimum Gasteiger partial charge on any atom is -0.481 e. The number of hydrogen-bond acceptors (Lipinski definition) is 6. The maximum absolute atomic E-state index is 11.6. The number of carboxylic acid groups (broad SMARTS) is 1. The average molecular weight is 339 g/mol. The van der Waals surface area contributed by atoms with Gasteiger partial charge in [0.1, 0.15) is 0 Å². The van der Waals surface area contributed by atoms with Gasteiger partial charge in [-0.1, -0.05) is 11.6 Å². The molecule has 0 aromatic carbocycles. The van der Waals surface area contributed by atoms with Crippen LogP contribution >= 0.6 is 0 Å². The highest BCUT2D eigenvalue weighted by Gasteiger charge is 2.48. The van der Waals surface area contributed by atoms with Crippen molar-refractivity contribution in [2.75, 3.05) is 39.9 Å². The number of hydrogen-bond donors (Lipinski definition) is 1. The third-order valence-corrected chi connectivity index (χ3v) is 5.43. The molecular weight excluding hydrogens is 310 g/mol. The number of methoxy groups -OCH3 is 1. The Bertz CT molecular complexity index is 480. The second kappa shape index (κ2) is 8.07. The van der Waals surface area contributed by atoms with Crippen LogP contribution in [0.2, 0.25) is 0 Å². The average Bonchev–Trinajstić information content (AvgIpc) is 2.52. The summed E-state index contributed by atoms with van der Waals surface area (Å²) in [4.78, 5) is 23.6. The van der Waals surface area contributed by atoms with Gasteiger partial charge < -0.3 is 19.6 Å². The fourth-order valence-electron chi connectivity index (χ4n) is 3.80. The van der Waals surface area contributed by atoms with Crippen molar-refractivity contribution in [1.29, 1.82) is 0 Å². The maximum Gasteiger partial charge on any atom is 0.310 e. The molecule has 1 aliphatic carbocycles. The van der Waals surface area contributed by atoms with E-state index in [0.29, 0.717) is 25.6 Å². The summed E-state index contributed by atoms with van der Waals surface area (Å²) < 4.78 is 5.43. The first kappa shape index (κ1) is 18.9. The first-order valence-corrected chi connectivity index (χ1v) is 8.64. The summed E-state index contributed by atoms with van der Waals surface area (Å²) in [5.74, 6) is -0.0759. The van der Waals surface area contributed by atoms with Crippen LogP contribution in [0.4, 0.5) is 0 Å². The number of aliphatic imine (C=N–C) groups is 1. The van der Waals surface area contributed by atoms with Crippen molar-refractivity contribution in [3.05, 3.63) is 0 Å². The van der Waals surface area contributed by atoms with Crippen molar-refractivity contribution < 1.29 is 19.5 Å². The van der Waals surface area contributed by atoms with Gasteiger partial charge >= 0.3 is 5.97 Å². The van der Waals surface area contributed by atoms with Crippen LogP contribution in [0.3, 0.4) is 0 Å². The van der Waals surface area contributed by atoms with E-state index in [1.807, 2.05) is 6.92 Å². The standard InChI is InChI=1S/C17H29N3O4/c1-4-19-14(24-18-2)17(13-23-3)8-10-20(11-9-17)12-16(15(21)22)6-5-7-16/h2,4-13H2,1,3H3,(H,21,22)/b19-14-. The zero-order valence-electron chi connectivity index (χ0n) is 14.8. The SMILES string of the molecule is C=NO/C(=N\CC)C1(COC)CCN(CC2(C(=O)O)CCC2)CC1. The van der Waals surface area contributed by atoms with Crippen molar-refractivity contribution in [2.45, 2.75) is 39.0 Å². The van der Waals surface area contributed by atoms with Crippen LogP contribution in [-0.2, 0) is 14.4 Å². The molecule has 1 N–H and O–H groups in total. The van der Waals surface area contributed by atoms with E-state index in [1.54, 1.807) is 7.11 Å². The maximum atomic E-state index is 11.6. The molecular formula is C17H29N3O4. The topological polar surface area (TPSA) is 83.7 Å². The van der Waals surface area contributed by atoms with Gasteiger partial charge in [-0.2, -0.15) is 0 Å². The number of rotatable bonds is 8. The predicted octanol–water partition coefficient (Wildman–Crippen LogP) is 2.02. The summed E-state index contributed by atoms with van der Waals surface area (Å²) >= 11 is 0. The third-order valence-electron chi connectivity index (χ3n) is 5.43. The van der Waals surface area contributed by atoms with Crippen LogP contribution in [0.1, 0.15) is 39.0 Å². The lowest BCUT2D eigenvalue weighted by molar-refractivity contribution is -0.156. The van der Waals surface area contributed by atoms with Crippen LogP contribution < -0.4 is 0 Å². The lowest BCUT2D eigenvalue weighted by Gasteiger charge is -2.46. The lowest BCUT2D eigenvalue weighted by atomic mass is 9.68. The van der Waals surface area contributed by atoms with Gasteiger partial charge in [0.15, 0.2) is 0 Å². The summed E-state index contributed by atoms with van der Waals surface area (Å²) in [6.07, 6.45) is 4.21. The molecule has 7 heteroatoms. The Morgan fingerprint density at radius 2 is 1.92 bits per heavy atom. The molecule has 0 aromatic rings. The minimum atomic E-state index is -0.657. The van der Waals surface area contributed by atoms with Crippen LogP contribution in [0.15, 0.2) is 10.1 Å². The molecule has 0 amide bonds. The smallest absolute Gasteiger partial charge is 0.310 e. The van der Waals surface area contributed by atoms with E-state index >= 15 is 0 Å². The van der Waals surface area contributed by atoms with E-state index in [-0.39, 0.29) is 5.41 Å². The van der Waals surface area contributed by atoms with Gasteiger partial charge in [0.25, 0.3) is 0 Å². The van der Waals surface area contributed by atoms with E-state index in [1.165, 1.54) is 0 Å². The molecule has 2 aliphatic rings. The first-order valence-electron chi connectivity index (χ1n) is 8.64. The van der Waals surface area contributed by atoms with Gasteiger partial charge in [-0.3, -0.25) is 9.79 Å². The molecule has 0 atom stereocenters. The molecule has 1 aliphatic heterocycles. The van der Waals surface area contributed by atoms with Crippen molar-refractivity contribution in [2.24, 2.45) is 21.0 Å². The van der Waals surface area contributed by atoms with Crippen molar-refractivity contribution >= 4 is 18.6 Å². The Morgan fingerprint density at radius 1 is 1.25 bits per heavy atom. The predicted molar refractivity (Wildman–Crippen MR) is 92.5 cm³/mol. The van der Waals surface area contributed by atoms with Crippen LogP contribution in [0.5, 0.6) is 0 Å². The molecule has 1 heterocycles. The molecule has 0 bridgehead atoms. The summed E-state index contributed by atoms with van der Waals surface area (Å²) in [6.45, 7) is 8.73. The number of piperidine rings is 1. The highest BCUT2D eigenvalue weighted by molar-refractivity contribution is 5.83. The monoisotopic (exact) mass is 339 g/mol. The molecule has 0 aromatic heterocycles. The van der Waals surface area contributed by atoms with Crippen molar-refractivity contribution in [3.63, 3.8) is 0 Å². The molecule has 0 radical (unpaired) electrons. The molecule has 0 unspecified atom stereocenters. The van der Waals surface area contributed by atoms with Gasteiger partial charge in [0.2, 0.25) is 5.90 Å². The molecule has 24 heavy (non-hydrogen) atoms. The number of carbonyl (C=O) groups is 1. The van der Waals surface area contributed by atoms with E-state index in [9.17, 15) is 9.90 Å². The lowest BCUT2D eigenvalue weighted by Crippen LogP contribution is -2.53. The summed E-state index contributed by atoms with van der Waals surface area (Å²) in [5, 5.41) is 13.1. The number of ether oxygens (including phenoxy) is 1. The molecule has 136 valence electrons. The van der Waals surface area contributed by atoms with Crippen molar-refractivity contribution in [3.8, 4) is 0 Å². The largest absolute Gasteiger partial charge is 0.481 e. The number of nitrogens with zero attached hydrogens (tertiary/aromatic N) is 3. The van der Waals surface area contributed by atoms with E-state index in [0.717, 1.165) is 45.2 Å². The van der Waals surface area contributed by atoms with Gasteiger partial charge in [-0.05, 0) is 45.7 Å². The molecule has 7 nitrogen and oxygen atoms in total.